The second-order valence-corrected chi connectivity index (χ2v) is 7.83. The minimum Gasteiger partial charge on any atom is -0.444 e. The van der Waals surface area contributed by atoms with Crippen molar-refractivity contribution < 1.29 is 8.63 Å². The molecule has 0 saturated heterocycles. The molecule has 1 unspecified atom stereocenters. The first-order valence-corrected chi connectivity index (χ1v) is 9.51. The smallest absolute Gasteiger partial charge is 0.236 e. The minimum absolute atomic E-state index is 0.519. The third-order valence-corrected chi connectivity index (χ3v) is 6.06. The monoisotopic (exact) mass is 309 g/mol. The van der Waals surface area contributed by atoms with Gasteiger partial charge in [0.2, 0.25) is 5.89 Å². The summed E-state index contributed by atoms with van der Waals surface area (Å²) in [7, 11) is -0.821. The summed E-state index contributed by atoms with van der Waals surface area (Å²) >= 11 is 1.60. The third kappa shape index (κ3) is 3.58. The Morgan fingerprint density at radius 1 is 1.35 bits per heavy atom. The predicted octanol–water partition coefficient (Wildman–Crippen LogP) is 4.23. The molecule has 1 fully saturated rings. The molecule has 0 amide bonds. The lowest BCUT2D eigenvalue weighted by atomic mass is 9.91. The Balaban J connectivity index is 1.56. The van der Waals surface area contributed by atoms with E-state index in [2.05, 4.69) is 4.98 Å². The molecule has 5 heteroatoms. The van der Waals surface area contributed by atoms with Crippen LogP contribution in [0.5, 0.6) is 0 Å². The Labute approximate surface area is 125 Å². The van der Waals surface area contributed by atoms with Crippen molar-refractivity contribution in [2.45, 2.75) is 37.9 Å². The van der Waals surface area contributed by atoms with Crippen LogP contribution in [0.2, 0.25) is 0 Å². The molecule has 0 aliphatic heterocycles. The van der Waals surface area contributed by atoms with Crippen LogP contribution in [0.4, 0.5) is 0 Å². The maximum atomic E-state index is 12.2. The second-order valence-electron chi connectivity index (χ2n) is 5.38. The molecule has 108 valence electrons. The average Bonchev–Trinajstić information content (AvgIpc) is 3.10. The van der Waals surface area contributed by atoms with E-state index in [0.717, 1.165) is 16.3 Å². The highest BCUT2D eigenvalue weighted by Crippen LogP contribution is 2.26. The number of hydrogen-bond donors (Lipinski definition) is 0. The largest absolute Gasteiger partial charge is 0.444 e. The zero-order valence-electron chi connectivity index (χ0n) is 11.4. The topological polar surface area (TPSA) is 43.1 Å². The van der Waals surface area contributed by atoms with Gasteiger partial charge >= 0.3 is 0 Å². The molecule has 3 nitrogen and oxygen atoms in total. The first-order chi connectivity index (χ1) is 9.81. The van der Waals surface area contributed by atoms with Gasteiger partial charge in [0.05, 0.1) is 16.3 Å². The summed E-state index contributed by atoms with van der Waals surface area (Å²) in [6.07, 6.45) is 8.07. The van der Waals surface area contributed by atoms with Crippen LogP contribution in [0.25, 0.3) is 10.8 Å². The molecule has 1 saturated carbocycles. The summed E-state index contributed by atoms with van der Waals surface area (Å²) in [6.45, 7) is 0. The van der Waals surface area contributed by atoms with Crippen LogP contribution in [-0.2, 0) is 16.6 Å². The van der Waals surface area contributed by atoms with Crippen LogP contribution < -0.4 is 0 Å². The molecule has 2 heterocycles. The van der Waals surface area contributed by atoms with E-state index < -0.39 is 10.8 Å². The molecule has 20 heavy (non-hydrogen) atoms. The second kappa shape index (κ2) is 6.68. The number of hydrogen-bond acceptors (Lipinski definition) is 4. The van der Waals surface area contributed by atoms with E-state index in [9.17, 15) is 4.21 Å². The van der Waals surface area contributed by atoms with Crippen molar-refractivity contribution in [3.8, 4) is 10.8 Å². The first-order valence-electron chi connectivity index (χ1n) is 7.14. The van der Waals surface area contributed by atoms with E-state index in [4.69, 9.17) is 4.42 Å². The molecular formula is C15H19NO2S2. The van der Waals surface area contributed by atoms with Crippen molar-refractivity contribution in [1.82, 2.24) is 4.98 Å². The van der Waals surface area contributed by atoms with Crippen LogP contribution in [-0.4, -0.2) is 14.9 Å². The Kier molecular flexibility index (Phi) is 4.68. The van der Waals surface area contributed by atoms with Crippen LogP contribution in [0, 0.1) is 5.92 Å². The van der Waals surface area contributed by atoms with Gasteiger partial charge in [0.1, 0.15) is 6.26 Å². The van der Waals surface area contributed by atoms with Gasteiger partial charge in [-0.05, 0) is 30.2 Å². The molecule has 2 aromatic rings. The molecule has 1 aliphatic carbocycles. The molecule has 3 rings (SSSR count). The van der Waals surface area contributed by atoms with E-state index in [1.807, 2.05) is 17.5 Å². The lowest BCUT2D eigenvalue weighted by molar-refractivity contribution is 0.388. The Morgan fingerprint density at radius 2 is 2.20 bits per heavy atom. The zero-order valence-corrected chi connectivity index (χ0v) is 13.0. The van der Waals surface area contributed by atoms with E-state index in [1.54, 1.807) is 17.6 Å². The first kappa shape index (κ1) is 14.0. The molecule has 0 radical (unpaired) electrons. The molecule has 1 atom stereocenters. The van der Waals surface area contributed by atoms with Gasteiger partial charge in [-0.2, -0.15) is 0 Å². The Hall–Kier alpha value is -0.940. The van der Waals surface area contributed by atoms with Crippen LogP contribution in [0.15, 0.2) is 28.2 Å². The SMILES string of the molecule is O=S(Cc1coc(-c2cccs2)n1)CC1CCCCC1. The number of nitrogens with zero attached hydrogens (tertiary/aromatic N) is 1. The molecule has 0 spiro atoms. The molecule has 0 aromatic carbocycles. The van der Waals surface area contributed by atoms with Gasteiger partial charge < -0.3 is 4.42 Å². The van der Waals surface area contributed by atoms with Crippen molar-refractivity contribution in [1.29, 1.82) is 0 Å². The quantitative estimate of drug-likeness (QED) is 0.830. The predicted molar refractivity (Wildman–Crippen MR) is 83.1 cm³/mol. The maximum Gasteiger partial charge on any atom is 0.236 e. The van der Waals surface area contributed by atoms with Crippen LogP contribution >= 0.6 is 11.3 Å². The number of oxazole rings is 1. The fourth-order valence-corrected chi connectivity index (χ4v) is 4.82. The summed E-state index contributed by atoms with van der Waals surface area (Å²) in [4.78, 5) is 5.46. The lowest BCUT2D eigenvalue weighted by Gasteiger charge is -2.20. The van der Waals surface area contributed by atoms with E-state index in [-0.39, 0.29) is 0 Å². The standard InChI is InChI=1S/C15H19NO2S2/c17-20(10-12-5-2-1-3-6-12)11-13-9-18-15(16-13)14-7-4-8-19-14/h4,7-9,12H,1-3,5-6,10-11H2. The van der Waals surface area contributed by atoms with E-state index in [0.29, 0.717) is 17.6 Å². The average molecular weight is 309 g/mol. The molecule has 2 aromatic heterocycles. The van der Waals surface area contributed by atoms with Crippen molar-refractivity contribution in [3.63, 3.8) is 0 Å². The van der Waals surface area contributed by atoms with E-state index >= 15 is 0 Å². The summed E-state index contributed by atoms with van der Waals surface area (Å²) in [6, 6.07) is 3.96. The van der Waals surface area contributed by atoms with Gasteiger partial charge in [0.25, 0.3) is 0 Å². The van der Waals surface area contributed by atoms with Gasteiger partial charge in [-0.1, -0.05) is 25.3 Å². The van der Waals surface area contributed by atoms with Gasteiger partial charge in [-0.3, -0.25) is 4.21 Å². The van der Waals surface area contributed by atoms with Gasteiger partial charge in [0.15, 0.2) is 0 Å². The molecule has 0 bridgehead atoms. The van der Waals surface area contributed by atoms with Gasteiger partial charge in [-0.15, -0.1) is 11.3 Å². The zero-order chi connectivity index (χ0) is 13.8. The van der Waals surface area contributed by atoms with Gasteiger partial charge in [0, 0.05) is 16.6 Å². The highest BCUT2D eigenvalue weighted by molar-refractivity contribution is 7.84. The number of rotatable bonds is 5. The highest BCUT2D eigenvalue weighted by atomic mass is 32.2. The van der Waals surface area contributed by atoms with Crippen LogP contribution in [0.1, 0.15) is 37.8 Å². The normalized spacial score (nSPS) is 18.2. The fourth-order valence-electron chi connectivity index (χ4n) is 2.73. The molecule has 1 aliphatic rings. The maximum absolute atomic E-state index is 12.2. The minimum atomic E-state index is -0.821. The lowest BCUT2D eigenvalue weighted by Crippen LogP contribution is -2.15. The van der Waals surface area contributed by atoms with Crippen molar-refractivity contribution in [3.05, 3.63) is 29.5 Å². The number of thiophene rings is 1. The summed E-state index contributed by atoms with van der Waals surface area (Å²) in [5.41, 5.74) is 0.808. The molecule has 0 N–H and O–H groups in total. The van der Waals surface area contributed by atoms with Crippen molar-refractivity contribution in [2.24, 2.45) is 5.92 Å². The van der Waals surface area contributed by atoms with Gasteiger partial charge in [-0.25, -0.2) is 4.98 Å². The Bertz CT molecular complexity index is 556. The summed E-state index contributed by atoms with van der Waals surface area (Å²) < 4.78 is 17.7. The Morgan fingerprint density at radius 3 is 2.95 bits per heavy atom. The molecular weight excluding hydrogens is 290 g/mol. The van der Waals surface area contributed by atoms with E-state index in [1.165, 1.54) is 32.1 Å². The highest BCUT2D eigenvalue weighted by Gasteiger charge is 2.17. The van der Waals surface area contributed by atoms with Crippen molar-refractivity contribution in [2.75, 3.05) is 5.75 Å². The van der Waals surface area contributed by atoms with Crippen molar-refractivity contribution >= 4 is 22.1 Å². The fraction of sp³-hybridized carbons (Fsp3) is 0.533. The van der Waals surface area contributed by atoms with Crippen LogP contribution in [0.3, 0.4) is 0 Å². The summed E-state index contributed by atoms with van der Waals surface area (Å²) in [5.74, 6) is 2.63. The summed E-state index contributed by atoms with van der Waals surface area (Å²) in [5, 5.41) is 2.00. The third-order valence-electron chi connectivity index (χ3n) is 3.74. The number of aromatic nitrogens is 1.